The van der Waals surface area contributed by atoms with Gasteiger partial charge >= 0.3 is 0 Å². The molecule has 1 atom stereocenters. The first kappa shape index (κ1) is 22.3. The molecule has 3 rings (SSSR count). The first-order valence-electron chi connectivity index (χ1n) is 10.4. The third-order valence-corrected chi connectivity index (χ3v) is 5.90. The zero-order valence-electron chi connectivity index (χ0n) is 17.4. The number of likely N-dealkylation sites (tertiary alicyclic amines) is 1. The van der Waals surface area contributed by atoms with Gasteiger partial charge in [-0.2, -0.15) is 0 Å². The van der Waals surface area contributed by atoms with Crippen molar-refractivity contribution < 1.29 is 14.0 Å². The van der Waals surface area contributed by atoms with Crippen LogP contribution < -0.4 is 5.32 Å². The summed E-state index contributed by atoms with van der Waals surface area (Å²) in [7, 11) is 0. The van der Waals surface area contributed by atoms with E-state index in [0.29, 0.717) is 24.6 Å². The van der Waals surface area contributed by atoms with Gasteiger partial charge in [-0.1, -0.05) is 49.7 Å². The van der Waals surface area contributed by atoms with Crippen LogP contribution in [0.4, 0.5) is 4.39 Å². The van der Waals surface area contributed by atoms with Gasteiger partial charge < -0.3 is 10.2 Å². The molecule has 0 aromatic heterocycles. The van der Waals surface area contributed by atoms with E-state index in [9.17, 15) is 14.0 Å². The summed E-state index contributed by atoms with van der Waals surface area (Å²) in [5.41, 5.74) is 1.83. The lowest BCUT2D eigenvalue weighted by Gasteiger charge is -2.35. The summed E-state index contributed by atoms with van der Waals surface area (Å²) in [5, 5.41) is 3.59. The first-order valence-corrected chi connectivity index (χ1v) is 10.8. The molecule has 1 N–H and O–H groups in total. The number of nitrogens with zero attached hydrogens (tertiary/aromatic N) is 1. The lowest BCUT2D eigenvalue weighted by Crippen LogP contribution is -2.53. The van der Waals surface area contributed by atoms with Crippen LogP contribution in [0.15, 0.2) is 48.5 Å². The fourth-order valence-corrected chi connectivity index (χ4v) is 4.06. The molecule has 0 saturated carbocycles. The van der Waals surface area contributed by atoms with Crippen molar-refractivity contribution in [1.82, 2.24) is 10.2 Å². The summed E-state index contributed by atoms with van der Waals surface area (Å²) < 4.78 is 13.4. The summed E-state index contributed by atoms with van der Waals surface area (Å²) >= 11 is 5.97. The van der Waals surface area contributed by atoms with Crippen molar-refractivity contribution in [2.45, 2.75) is 45.1 Å². The molecular weight excluding hydrogens is 403 g/mol. The molecule has 1 fully saturated rings. The van der Waals surface area contributed by atoms with Crippen molar-refractivity contribution >= 4 is 23.4 Å². The number of benzene rings is 2. The maximum absolute atomic E-state index is 13.4. The summed E-state index contributed by atoms with van der Waals surface area (Å²) in [5.74, 6) is -0.328. The van der Waals surface area contributed by atoms with E-state index in [-0.39, 0.29) is 30.0 Å². The largest absolute Gasteiger partial charge is 0.344 e. The van der Waals surface area contributed by atoms with Crippen LogP contribution in [0, 0.1) is 11.7 Å². The molecule has 2 amide bonds. The second kappa shape index (κ2) is 10.1. The van der Waals surface area contributed by atoms with Crippen LogP contribution in [0.1, 0.15) is 43.7 Å². The van der Waals surface area contributed by atoms with Crippen molar-refractivity contribution in [2.24, 2.45) is 5.92 Å². The van der Waals surface area contributed by atoms with E-state index in [1.807, 2.05) is 43.0 Å². The molecule has 1 aliphatic rings. The third-order valence-electron chi connectivity index (χ3n) is 5.65. The van der Waals surface area contributed by atoms with E-state index in [1.54, 1.807) is 12.1 Å². The minimum Gasteiger partial charge on any atom is -0.344 e. The molecule has 2 aromatic rings. The van der Waals surface area contributed by atoms with Crippen LogP contribution >= 0.6 is 11.6 Å². The van der Waals surface area contributed by atoms with E-state index in [0.717, 1.165) is 17.9 Å². The van der Waals surface area contributed by atoms with Crippen LogP contribution in [0.5, 0.6) is 0 Å². The third kappa shape index (κ3) is 5.82. The zero-order valence-corrected chi connectivity index (χ0v) is 18.2. The Kier molecular flexibility index (Phi) is 7.48. The number of hydrogen-bond acceptors (Lipinski definition) is 2. The quantitative estimate of drug-likeness (QED) is 0.729. The smallest absolute Gasteiger partial charge is 0.245 e. The number of rotatable bonds is 6. The molecule has 2 aromatic carbocycles. The van der Waals surface area contributed by atoms with Crippen molar-refractivity contribution in [1.29, 1.82) is 0 Å². The van der Waals surface area contributed by atoms with Gasteiger partial charge in [0.2, 0.25) is 11.8 Å². The lowest BCUT2D eigenvalue weighted by atomic mass is 9.89. The monoisotopic (exact) mass is 430 g/mol. The summed E-state index contributed by atoms with van der Waals surface area (Å²) in [6, 6.07) is 13.3. The highest BCUT2D eigenvalue weighted by Crippen LogP contribution is 2.29. The molecule has 1 unspecified atom stereocenters. The summed E-state index contributed by atoms with van der Waals surface area (Å²) in [4.78, 5) is 27.4. The molecule has 1 aliphatic heterocycles. The topological polar surface area (TPSA) is 49.4 Å². The molecule has 4 nitrogen and oxygen atoms in total. The summed E-state index contributed by atoms with van der Waals surface area (Å²) in [6.07, 6.45) is 1.82. The van der Waals surface area contributed by atoms with Crippen LogP contribution in [-0.4, -0.2) is 35.8 Å². The lowest BCUT2D eigenvalue weighted by molar-refractivity contribution is -0.138. The Labute approximate surface area is 182 Å². The van der Waals surface area contributed by atoms with E-state index < -0.39 is 6.04 Å². The Morgan fingerprint density at radius 3 is 2.40 bits per heavy atom. The molecule has 0 radical (unpaired) electrons. The fourth-order valence-electron chi connectivity index (χ4n) is 3.94. The number of piperidine rings is 1. The number of nitrogens with one attached hydrogen (secondary N) is 1. The normalized spacial score (nSPS) is 15.8. The molecular formula is C24H28ClFN2O2. The van der Waals surface area contributed by atoms with Gasteiger partial charge in [0.25, 0.3) is 0 Å². The maximum atomic E-state index is 13.4. The van der Waals surface area contributed by atoms with Gasteiger partial charge in [-0.3, -0.25) is 9.59 Å². The van der Waals surface area contributed by atoms with Gasteiger partial charge in [0.15, 0.2) is 0 Å². The Morgan fingerprint density at radius 2 is 1.80 bits per heavy atom. The first-order chi connectivity index (χ1) is 14.3. The Bertz CT molecular complexity index is 877. The van der Waals surface area contributed by atoms with Crippen molar-refractivity contribution in [3.05, 3.63) is 70.5 Å². The number of carbonyl (C=O) groups is 2. The van der Waals surface area contributed by atoms with E-state index in [4.69, 9.17) is 11.6 Å². The minimum atomic E-state index is -0.585. The van der Waals surface area contributed by atoms with E-state index in [1.165, 1.54) is 17.7 Å². The van der Waals surface area contributed by atoms with E-state index in [2.05, 4.69) is 5.32 Å². The molecule has 0 bridgehead atoms. The van der Waals surface area contributed by atoms with Crippen LogP contribution in [0.2, 0.25) is 5.02 Å². The molecule has 6 heteroatoms. The van der Waals surface area contributed by atoms with Gasteiger partial charge in [-0.25, -0.2) is 4.39 Å². The highest BCUT2D eigenvalue weighted by molar-refractivity contribution is 6.30. The second-order valence-corrected chi connectivity index (χ2v) is 8.68. The predicted octanol–water partition coefficient (Wildman–Crippen LogP) is 4.57. The average molecular weight is 431 g/mol. The number of carbonyl (C=O) groups excluding carboxylic acids is 2. The number of hydrogen-bond donors (Lipinski definition) is 1. The highest BCUT2D eigenvalue weighted by Gasteiger charge is 2.31. The Morgan fingerprint density at radius 1 is 1.13 bits per heavy atom. The van der Waals surface area contributed by atoms with Crippen LogP contribution in [0.25, 0.3) is 0 Å². The van der Waals surface area contributed by atoms with Crippen molar-refractivity contribution in [3.63, 3.8) is 0 Å². The number of halogens is 2. The molecule has 30 heavy (non-hydrogen) atoms. The molecule has 0 aliphatic carbocycles. The minimum absolute atomic E-state index is 0.0389. The zero-order chi connectivity index (χ0) is 21.7. The average Bonchev–Trinajstić information content (AvgIpc) is 2.72. The van der Waals surface area contributed by atoms with Crippen molar-refractivity contribution in [3.8, 4) is 0 Å². The molecule has 1 heterocycles. The number of amides is 2. The maximum Gasteiger partial charge on any atom is 0.245 e. The van der Waals surface area contributed by atoms with Gasteiger partial charge in [-0.15, -0.1) is 0 Å². The van der Waals surface area contributed by atoms with Crippen molar-refractivity contribution in [2.75, 3.05) is 13.1 Å². The molecule has 160 valence electrons. The Hall–Kier alpha value is -2.40. The van der Waals surface area contributed by atoms with Gasteiger partial charge in [0, 0.05) is 18.1 Å². The molecule has 1 saturated heterocycles. The standard InChI is InChI=1S/C24H28ClFN2O2/c1-16(2)23(27-22(29)15-17-4-3-5-21(26)14-17)24(30)28-12-10-19(11-13-28)18-6-8-20(25)9-7-18/h3-9,14,16,19,23H,10-13,15H2,1-2H3,(H,27,29). The van der Waals surface area contributed by atoms with Gasteiger partial charge in [-0.05, 0) is 60.1 Å². The van der Waals surface area contributed by atoms with Gasteiger partial charge in [0.1, 0.15) is 11.9 Å². The van der Waals surface area contributed by atoms with Gasteiger partial charge in [0.05, 0.1) is 6.42 Å². The second-order valence-electron chi connectivity index (χ2n) is 8.25. The Balaban J connectivity index is 1.57. The van der Waals surface area contributed by atoms with E-state index >= 15 is 0 Å². The summed E-state index contributed by atoms with van der Waals surface area (Å²) in [6.45, 7) is 5.17. The molecule has 0 spiro atoms. The highest BCUT2D eigenvalue weighted by atomic mass is 35.5. The SMILES string of the molecule is CC(C)C(NC(=O)Cc1cccc(F)c1)C(=O)N1CCC(c2ccc(Cl)cc2)CC1. The fraction of sp³-hybridized carbons (Fsp3) is 0.417. The predicted molar refractivity (Wildman–Crippen MR) is 117 cm³/mol. The van der Waals surface area contributed by atoms with Crippen LogP contribution in [-0.2, 0) is 16.0 Å². The van der Waals surface area contributed by atoms with Crippen LogP contribution in [0.3, 0.4) is 0 Å².